The molecule has 3 nitrogen and oxygen atoms in total. The second-order valence-corrected chi connectivity index (χ2v) is 4.66. The van der Waals surface area contributed by atoms with E-state index >= 15 is 0 Å². The number of hydrogen-bond donors (Lipinski definition) is 1. The number of aryl methyl sites for hydroxylation is 1. The van der Waals surface area contributed by atoms with Crippen molar-refractivity contribution < 1.29 is 9.47 Å². The fourth-order valence-electron chi connectivity index (χ4n) is 2.14. The van der Waals surface area contributed by atoms with E-state index in [1.165, 1.54) is 5.56 Å². The summed E-state index contributed by atoms with van der Waals surface area (Å²) in [6.07, 6.45) is 0. The van der Waals surface area contributed by atoms with Crippen molar-refractivity contribution in [1.82, 2.24) is 0 Å². The summed E-state index contributed by atoms with van der Waals surface area (Å²) in [5, 5.41) is 3.40. The van der Waals surface area contributed by atoms with Crippen molar-refractivity contribution >= 4 is 5.69 Å². The van der Waals surface area contributed by atoms with E-state index in [4.69, 9.17) is 9.47 Å². The quantitative estimate of drug-likeness (QED) is 0.912. The van der Waals surface area contributed by atoms with E-state index in [0.717, 1.165) is 29.3 Å². The maximum Gasteiger partial charge on any atom is 0.166 e. The first kappa shape index (κ1) is 11.9. The molecule has 3 heteroatoms. The van der Waals surface area contributed by atoms with Crippen LogP contribution in [0.25, 0.3) is 0 Å². The topological polar surface area (TPSA) is 30.5 Å². The highest BCUT2D eigenvalue weighted by atomic mass is 16.6. The van der Waals surface area contributed by atoms with Crippen molar-refractivity contribution in [2.45, 2.75) is 13.5 Å². The van der Waals surface area contributed by atoms with Gasteiger partial charge in [-0.1, -0.05) is 29.8 Å². The predicted molar refractivity (Wildman–Crippen MR) is 75.9 cm³/mol. The molecule has 2 aromatic carbocycles. The van der Waals surface area contributed by atoms with Gasteiger partial charge in [0, 0.05) is 17.8 Å². The van der Waals surface area contributed by atoms with Gasteiger partial charge in [-0.25, -0.2) is 0 Å². The molecule has 0 amide bonds. The maximum absolute atomic E-state index is 5.70. The van der Waals surface area contributed by atoms with E-state index in [1.807, 2.05) is 12.1 Å². The van der Waals surface area contributed by atoms with Crippen LogP contribution in [0, 0.1) is 6.92 Å². The van der Waals surface area contributed by atoms with Gasteiger partial charge in [0.05, 0.1) is 0 Å². The molecule has 1 aliphatic heterocycles. The van der Waals surface area contributed by atoms with E-state index in [0.29, 0.717) is 13.2 Å². The fraction of sp³-hybridized carbons (Fsp3) is 0.250. The van der Waals surface area contributed by atoms with Gasteiger partial charge in [-0.05, 0) is 25.1 Å². The first-order valence-corrected chi connectivity index (χ1v) is 6.51. The summed E-state index contributed by atoms with van der Waals surface area (Å²) in [6, 6.07) is 14.4. The Bertz CT molecular complexity index is 563. The summed E-state index contributed by atoms with van der Waals surface area (Å²) < 4.78 is 11.3. The summed E-state index contributed by atoms with van der Waals surface area (Å²) in [6.45, 7) is 4.06. The van der Waals surface area contributed by atoms with Crippen molar-refractivity contribution in [2.75, 3.05) is 18.5 Å². The number of benzene rings is 2. The number of fused-ring (bicyclic) bond motifs is 1. The molecule has 1 heterocycles. The number of anilines is 1. The van der Waals surface area contributed by atoms with Crippen LogP contribution in [0.3, 0.4) is 0 Å². The van der Waals surface area contributed by atoms with Gasteiger partial charge in [0.2, 0.25) is 0 Å². The Balaban J connectivity index is 1.75. The number of hydrogen-bond acceptors (Lipinski definition) is 3. The molecule has 0 saturated carbocycles. The molecular formula is C16H17NO2. The number of rotatable bonds is 3. The third-order valence-electron chi connectivity index (χ3n) is 3.18. The van der Waals surface area contributed by atoms with Crippen molar-refractivity contribution in [3.8, 4) is 11.5 Å². The molecule has 0 unspecified atom stereocenters. The molecule has 0 aliphatic carbocycles. The summed E-state index contributed by atoms with van der Waals surface area (Å²) in [5.41, 5.74) is 3.50. The Morgan fingerprint density at radius 2 is 1.79 bits per heavy atom. The van der Waals surface area contributed by atoms with Gasteiger partial charge in [-0.15, -0.1) is 0 Å². The van der Waals surface area contributed by atoms with Crippen LogP contribution >= 0.6 is 0 Å². The number of ether oxygens (including phenoxy) is 2. The van der Waals surface area contributed by atoms with Crippen LogP contribution in [-0.4, -0.2) is 13.2 Å². The van der Waals surface area contributed by atoms with Gasteiger partial charge in [0.1, 0.15) is 13.2 Å². The molecule has 1 N–H and O–H groups in total. The monoisotopic (exact) mass is 255 g/mol. The molecule has 98 valence electrons. The van der Waals surface area contributed by atoms with Gasteiger partial charge >= 0.3 is 0 Å². The highest BCUT2D eigenvalue weighted by Gasteiger charge is 2.14. The van der Waals surface area contributed by atoms with E-state index < -0.39 is 0 Å². The smallest absolute Gasteiger partial charge is 0.166 e. The molecule has 3 rings (SSSR count). The van der Waals surface area contributed by atoms with Crippen LogP contribution in [0.1, 0.15) is 11.1 Å². The van der Waals surface area contributed by atoms with Gasteiger partial charge in [-0.2, -0.15) is 0 Å². The number of nitrogens with one attached hydrogen (secondary N) is 1. The van der Waals surface area contributed by atoms with Crippen molar-refractivity contribution in [3.63, 3.8) is 0 Å². The zero-order chi connectivity index (χ0) is 13.1. The fourth-order valence-corrected chi connectivity index (χ4v) is 2.14. The van der Waals surface area contributed by atoms with Gasteiger partial charge < -0.3 is 14.8 Å². The molecule has 19 heavy (non-hydrogen) atoms. The molecular weight excluding hydrogens is 238 g/mol. The van der Waals surface area contributed by atoms with Crippen molar-refractivity contribution in [2.24, 2.45) is 0 Å². The van der Waals surface area contributed by atoms with E-state index in [2.05, 4.69) is 42.6 Å². The minimum atomic E-state index is 0.620. The Morgan fingerprint density at radius 1 is 1.00 bits per heavy atom. The summed E-state index contributed by atoms with van der Waals surface area (Å²) in [4.78, 5) is 0. The van der Waals surface area contributed by atoms with E-state index in [-0.39, 0.29) is 0 Å². The normalized spacial score (nSPS) is 13.1. The molecule has 0 fully saturated rings. The summed E-state index contributed by atoms with van der Waals surface area (Å²) in [7, 11) is 0. The standard InChI is InChI=1S/C16H17NO2/c1-12-5-7-14(8-6-12)17-11-13-3-2-4-15-16(13)19-10-9-18-15/h2-8,17H,9-11H2,1H3. The van der Waals surface area contributed by atoms with Gasteiger partial charge in [0.25, 0.3) is 0 Å². The van der Waals surface area contributed by atoms with Crippen LogP contribution in [0.2, 0.25) is 0 Å². The largest absolute Gasteiger partial charge is 0.486 e. The van der Waals surface area contributed by atoms with Crippen LogP contribution in [0.5, 0.6) is 11.5 Å². The highest BCUT2D eigenvalue weighted by Crippen LogP contribution is 2.33. The molecule has 0 saturated heterocycles. The van der Waals surface area contributed by atoms with Crippen molar-refractivity contribution in [1.29, 1.82) is 0 Å². The summed E-state index contributed by atoms with van der Waals surface area (Å²) >= 11 is 0. The lowest BCUT2D eigenvalue weighted by Crippen LogP contribution is -2.17. The second-order valence-electron chi connectivity index (χ2n) is 4.66. The van der Waals surface area contributed by atoms with Crippen LogP contribution < -0.4 is 14.8 Å². The van der Waals surface area contributed by atoms with Gasteiger partial charge in [-0.3, -0.25) is 0 Å². The van der Waals surface area contributed by atoms with Crippen LogP contribution in [0.15, 0.2) is 42.5 Å². The van der Waals surface area contributed by atoms with Crippen LogP contribution in [0.4, 0.5) is 5.69 Å². The third kappa shape index (κ3) is 2.65. The molecule has 0 aromatic heterocycles. The lowest BCUT2D eigenvalue weighted by atomic mass is 10.1. The zero-order valence-electron chi connectivity index (χ0n) is 11.0. The van der Waals surface area contributed by atoms with E-state index in [9.17, 15) is 0 Å². The molecule has 0 atom stereocenters. The predicted octanol–water partition coefficient (Wildman–Crippen LogP) is 3.38. The Kier molecular flexibility index (Phi) is 3.27. The second kappa shape index (κ2) is 5.22. The van der Waals surface area contributed by atoms with Gasteiger partial charge in [0.15, 0.2) is 11.5 Å². The lowest BCUT2D eigenvalue weighted by Gasteiger charge is -2.21. The third-order valence-corrected chi connectivity index (χ3v) is 3.18. The minimum Gasteiger partial charge on any atom is -0.486 e. The molecule has 1 aliphatic rings. The molecule has 0 radical (unpaired) electrons. The average Bonchev–Trinajstić information content (AvgIpc) is 2.47. The first-order chi connectivity index (χ1) is 9.33. The first-order valence-electron chi connectivity index (χ1n) is 6.51. The Morgan fingerprint density at radius 3 is 2.63 bits per heavy atom. The van der Waals surface area contributed by atoms with E-state index in [1.54, 1.807) is 0 Å². The summed E-state index contributed by atoms with van der Waals surface area (Å²) in [5.74, 6) is 1.71. The molecule has 0 bridgehead atoms. The number of para-hydroxylation sites is 1. The Labute approximate surface area is 113 Å². The SMILES string of the molecule is Cc1ccc(NCc2cccc3c2OCCO3)cc1. The lowest BCUT2D eigenvalue weighted by molar-refractivity contribution is 0.170. The molecule has 2 aromatic rings. The zero-order valence-corrected chi connectivity index (χ0v) is 11.0. The Hall–Kier alpha value is -2.16. The maximum atomic E-state index is 5.70. The highest BCUT2D eigenvalue weighted by molar-refractivity contribution is 5.50. The molecule has 0 spiro atoms. The van der Waals surface area contributed by atoms with Crippen LogP contribution in [-0.2, 0) is 6.54 Å². The minimum absolute atomic E-state index is 0.620. The van der Waals surface area contributed by atoms with Crippen molar-refractivity contribution in [3.05, 3.63) is 53.6 Å². The average molecular weight is 255 g/mol.